The Morgan fingerprint density at radius 2 is 0.932 bits per heavy atom. The van der Waals surface area contributed by atoms with Gasteiger partial charge in [0.15, 0.2) is 12.4 Å². The lowest BCUT2D eigenvalue weighted by Gasteiger charge is -2.41. The number of unbranched alkanes of at least 4 members (excludes halogenated alkanes) is 20. The van der Waals surface area contributed by atoms with Crippen LogP contribution in [0.25, 0.3) is 0 Å². The molecule has 1 heterocycles. The Balaban J connectivity index is 2.78. The van der Waals surface area contributed by atoms with Crippen LogP contribution in [0.5, 0.6) is 0 Å². The summed E-state index contributed by atoms with van der Waals surface area (Å²) in [4.78, 5) is 26.5. The van der Waals surface area contributed by atoms with E-state index in [1.807, 2.05) is 18.2 Å². The number of amides is 1. The number of esters is 1. The highest BCUT2D eigenvalue weighted by atomic mass is 16.7. The largest absolute Gasteiger partial charge is 0.454 e. The Morgan fingerprint density at radius 3 is 1.42 bits per heavy atom. The number of carbonyl (C=O) groups is 2. The SMILES string of the molecule is CCCCC/C=C\C/C=C\C/C=C\C/C=C\CCC(O)C(=O)NC(COC1OC(CO)C(O)C(O)C1OC(=O)CCCCCC/C=C\C/C=C\C/C=C\CCCCC)C(O)/C=C/CCCCCCCCCCCC. The zero-order valence-corrected chi connectivity index (χ0v) is 46.7. The molecule has 0 aromatic carbocycles. The zero-order chi connectivity index (χ0) is 54.0. The van der Waals surface area contributed by atoms with Gasteiger partial charge in [-0.1, -0.05) is 214 Å². The van der Waals surface area contributed by atoms with E-state index in [1.54, 1.807) is 6.08 Å². The first-order valence-electron chi connectivity index (χ1n) is 29.5. The van der Waals surface area contributed by atoms with E-state index in [-0.39, 0.29) is 19.4 Å². The minimum Gasteiger partial charge on any atom is -0.454 e. The summed E-state index contributed by atoms with van der Waals surface area (Å²) < 4.78 is 17.5. The van der Waals surface area contributed by atoms with Crippen LogP contribution in [0, 0.1) is 0 Å². The van der Waals surface area contributed by atoms with Crippen LogP contribution in [0.4, 0.5) is 0 Å². The second-order valence-electron chi connectivity index (χ2n) is 20.0. The Morgan fingerprint density at radius 1 is 0.527 bits per heavy atom. The summed E-state index contributed by atoms with van der Waals surface area (Å²) in [6.07, 6.45) is 55.9. The summed E-state index contributed by atoms with van der Waals surface area (Å²) in [5.41, 5.74) is 0. The van der Waals surface area contributed by atoms with Gasteiger partial charge >= 0.3 is 5.97 Å². The third-order valence-electron chi connectivity index (χ3n) is 13.2. The van der Waals surface area contributed by atoms with Crippen LogP contribution in [0.2, 0.25) is 0 Å². The van der Waals surface area contributed by atoms with Crippen LogP contribution in [-0.2, 0) is 23.8 Å². The Kier molecular flexibility index (Phi) is 46.7. The van der Waals surface area contributed by atoms with E-state index in [0.29, 0.717) is 12.8 Å². The van der Waals surface area contributed by atoms with Crippen molar-refractivity contribution in [3.63, 3.8) is 0 Å². The molecule has 1 saturated heterocycles. The van der Waals surface area contributed by atoms with E-state index in [9.17, 15) is 35.1 Å². The van der Waals surface area contributed by atoms with E-state index < -0.39 is 67.4 Å². The molecule has 8 atom stereocenters. The van der Waals surface area contributed by atoms with Gasteiger partial charge in [0.25, 0.3) is 0 Å². The van der Waals surface area contributed by atoms with Crippen LogP contribution in [0.1, 0.15) is 226 Å². The highest BCUT2D eigenvalue weighted by Crippen LogP contribution is 2.26. The number of allylic oxidation sites excluding steroid dienone is 15. The molecular formula is C63H107NO10. The van der Waals surface area contributed by atoms with Crippen LogP contribution in [0.15, 0.2) is 97.2 Å². The molecule has 1 rings (SSSR count). The maximum absolute atomic E-state index is 13.4. The van der Waals surface area contributed by atoms with Gasteiger partial charge in [-0.05, 0) is 103 Å². The summed E-state index contributed by atoms with van der Waals surface area (Å²) in [6, 6.07) is -1.06. The van der Waals surface area contributed by atoms with E-state index in [0.717, 1.165) is 96.3 Å². The predicted octanol–water partition coefficient (Wildman–Crippen LogP) is 13.6. The molecule has 11 nitrogen and oxygen atoms in total. The van der Waals surface area contributed by atoms with E-state index in [1.165, 1.54) is 83.5 Å². The van der Waals surface area contributed by atoms with Crippen molar-refractivity contribution < 1.29 is 49.3 Å². The lowest BCUT2D eigenvalue weighted by molar-refractivity contribution is -0.305. The molecule has 1 amide bonds. The van der Waals surface area contributed by atoms with Crippen molar-refractivity contribution in [2.45, 2.75) is 275 Å². The molecule has 1 aliphatic rings. The van der Waals surface area contributed by atoms with Gasteiger partial charge in [0.2, 0.25) is 5.91 Å². The normalized spacial score (nSPS) is 20.0. The van der Waals surface area contributed by atoms with Gasteiger partial charge in [-0.15, -0.1) is 0 Å². The fourth-order valence-corrected chi connectivity index (χ4v) is 8.47. The third-order valence-corrected chi connectivity index (χ3v) is 13.2. The molecule has 11 heteroatoms. The number of hydrogen-bond donors (Lipinski definition) is 6. The maximum atomic E-state index is 13.4. The van der Waals surface area contributed by atoms with Gasteiger partial charge in [-0.2, -0.15) is 0 Å². The lowest BCUT2D eigenvalue weighted by Crippen LogP contribution is -2.61. The van der Waals surface area contributed by atoms with Crippen molar-refractivity contribution in [2.24, 2.45) is 0 Å². The Hall–Kier alpha value is -3.42. The molecule has 8 unspecified atom stereocenters. The molecule has 0 aromatic rings. The second kappa shape index (κ2) is 50.4. The minimum absolute atomic E-state index is 0.0866. The Labute approximate surface area is 450 Å². The molecule has 6 N–H and O–H groups in total. The van der Waals surface area contributed by atoms with Crippen LogP contribution in [-0.4, -0.2) is 99.6 Å². The molecule has 424 valence electrons. The highest BCUT2D eigenvalue weighted by Gasteiger charge is 2.47. The first kappa shape index (κ1) is 68.6. The van der Waals surface area contributed by atoms with Crippen molar-refractivity contribution >= 4 is 11.9 Å². The number of carbonyl (C=O) groups excluding carboxylic acids is 2. The number of aliphatic hydroxyl groups excluding tert-OH is 5. The van der Waals surface area contributed by atoms with Crippen molar-refractivity contribution in [2.75, 3.05) is 13.2 Å². The van der Waals surface area contributed by atoms with Gasteiger partial charge < -0.3 is 45.1 Å². The van der Waals surface area contributed by atoms with Crippen LogP contribution >= 0.6 is 0 Å². The maximum Gasteiger partial charge on any atom is 0.306 e. The fourth-order valence-electron chi connectivity index (χ4n) is 8.47. The summed E-state index contributed by atoms with van der Waals surface area (Å²) in [6.45, 7) is 5.66. The molecule has 0 bridgehead atoms. The second-order valence-corrected chi connectivity index (χ2v) is 20.0. The van der Waals surface area contributed by atoms with Crippen molar-refractivity contribution in [1.82, 2.24) is 5.32 Å². The minimum atomic E-state index is -1.64. The predicted molar refractivity (Wildman–Crippen MR) is 305 cm³/mol. The van der Waals surface area contributed by atoms with Crippen molar-refractivity contribution in [3.8, 4) is 0 Å². The van der Waals surface area contributed by atoms with Crippen LogP contribution < -0.4 is 5.32 Å². The average Bonchev–Trinajstić information content (AvgIpc) is 3.40. The van der Waals surface area contributed by atoms with Gasteiger partial charge in [-0.25, -0.2) is 0 Å². The monoisotopic (exact) mass is 1040 g/mol. The number of aliphatic hydroxyl groups is 5. The average molecular weight is 1040 g/mol. The summed E-state index contributed by atoms with van der Waals surface area (Å²) in [7, 11) is 0. The highest BCUT2D eigenvalue weighted by molar-refractivity contribution is 5.80. The van der Waals surface area contributed by atoms with Crippen LogP contribution in [0.3, 0.4) is 0 Å². The molecule has 1 aliphatic heterocycles. The quantitative estimate of drug-likeness (QED) is 0.0195. The fraction of sp³-hybridized carbons (Fsp3) is 0.714. The summed E-state index contributed by atoms with van der Waals surface area (Å²) >= 11 is 0. The standard InChI is InChI=1S/C63H107NO10/c1-4-7-10-13-16-19-22-25-27-29-31-33-36-39-42-45-48-51-58(68)74-61-60(70)59(69)57(52-65)73-63(61)72-53-54(55(66)49-46-43-40-37-34-24-21-18-15-12-9-6-3)64-62(71)56(67)50-47-44-41-38-35-32-30-28-26-23-20-17-14-11-8-5-2/h16-17,19-20,25-28,31-33,35,41,44,46,49,54-57,59-61,63,65-67,69-70H,4-15,18,21-24,29-30,34,36-40,42-43,45,47-48,50-53H2,1-3H3,(H,64,71)/b19-16-,20-17-,27-25-,28-26-,33-31-,35-32-,44-41-,49-46+. The topological polar surface area (TPSA) is 175 Å². The lowest BCUT2D eigenvalue weighted by atomic mass is 9.99. The number of nitrogens with one attached hydrogen (secondary N) is 1. The van der Waals surface area contributed by atoms with Crippen molar-refractivity contribution in [1.29, 1.82) is 0 Å². The van der Waals surface area contributed by atoms with E-state index in [4.69, 9.17) is 14.2 Å². The molecule has 1 fully saturated rings. The molecule has 0 radical (unpaired) electrons. The number of rotatable bonds is 48. The molecule has 74 heavy (non-hydrogen) atoms. The number of hydrogen-bond acceptors (Lipinski definition) is 10. The first-order valence-corrected chi connectivity index (χ1v) is 29.5. The first-order chi connectivity index (χ1) is 36.2. The van der Waals surface area contributed by atoms with Gasteiger partial charge in [0, 0.05) is 6.42 Å². The third kappa shape index (κ3) is 38.2. The van der Waals surface area contributed by atoms with Crippen molar-refractivity contribution in [3.05, 3.63) is 97.2 Å². The van der Waals surface area contributed by atoms with Gasteiger partial charge in [-0.3, -0.25) is 9.59 Å². The molecule has 0 aliphatic carbocycles. The smallest absolute Gasteiger partial charge is 0.306 e. The number of ether oxygens (including phenoxy) is 3. The van der Waals surface area contributed by atoms with Gasteiger partial charge in [0.05, 0.1) is 25.4 Å². The summed E-state index contributed by atoms with van der Waals surface area (Å²) in [5, 5.41) is 56.8. The Bertz CT molecular complexity index is 1570. The molecule has 0 spiro atoms. The summed E-state index contributed by atoms with van der Waals surface area (Å²) in [5.74, 6) is -1.28. The van der Waals surface area contributed by atoms with E-state index in [2.05, 4.69) is 99.0 Å². The van der Waals surface area contributed by atoms with Gasteiger partial charge in [0.1, 0.15) is 24.4 Å². The molecule has 0 saturated carbocycles. The zero-order valence-electron chi connectivity index (χ0n) is 46.7. The molecule has 0 aromatic heterocycles. The molecular weight excluding hydrogens is 931 g/mol. The van der Waals surface area contributed by atoms with E-state index >= 15 is 0 Å².